The molecule has 0 aliphatic rings. The van der Waals surface area contributed by atoms with Crippen LogP contribution in [0.4, 0.5) is 18.9 Å². The van der Waals surface area contributed by atoms with E-state index in [-0.39, 0.29) is 11.3 Å². The summed E-state index contributed by atoms with van der Waals surface area (Å²) in [4.78, 5) is 14.7. The lowest BCUT2D eigenvalue weighted by Crippen LogP contribution is -2.38. The van der Waals surface area contributed by atoms with Crippen molar-refractivity contribution in [1.29, 1.82) is 5.26 Å². The van der Waals surface area contributed by atoms with E-state index >= 15 is 0 Å². The fraction of sp³-hybridized carbons (Fsp3) is 0.300. The number of rotatable bonds is 4. The van der Waals surface area contributed by atoms with Gasteiger partial charge in [0.2, 0.25) is 0 Å². The van der Waals surface area contributed by atoms with Gasteiger partial charge in [0.15, 0.2) is 0 Å². The van der Waals surface area contributed by atoms with Crippen molar-refractivity contribution in [1.82, 2.24) is 4.98 Å². The zero-order chi connectivity index (χ0) is 13.8. The number of hydrogen-bond donors (Lipinski definition) is 1. The summed E-state index contributed by atoms with van der Waals surface area (Å²) >= 11 is 0. The molecule has 0 unspecified atom stereocenters. The maximum atomic E-state index is 12.3. The van der Waals surface area contributed by atoms with Crippen LogP contribution in [0.15, 0.2) is 18.5 Å². The predicted octanol–water partition coefficient (Wildman–Crippen LogP) is 1.41. The Morgan fingerprint density at radius 2 is 2.22 bits per heavy atom. The molecule has 1 aromatic rings. The van der Waals surface area contributed by atoms with E-state index in [2.05, 4.69) is 4.98 Å². The van der Waals surface area contributed by atoms with Crippen LogP contribution in [0.3, 0.4) is 0 Å². The van der Waals surface area contributed by atoms with E-state index in [0.29, 0.717) is 4.90 Å². The first-order valence-corrected chi connectivity index (χ1v) is 4.71. The second kappa shape index (κ2) is 5.35. The molecule has 0 bridgehead atoms. The number of alkyl halides is 3. The highest BCUT2D eigenvalue weighted by Gasteiger charge is 2.32. The first-order chi connectivity index (χ1) is 8.33. The van der Waals surface area contributed by atoms with Crippen LogP contribution in [0.1, 0.15) is 5.56 Å². The number of aromatic nitrogens is 1. The van der Waals surface area contributed by atoms with Gasteiger partial charge in [0.25, 0.3) is 0 Å². The van der Waals surface area contributed by atoms with Crippen molar-refractivity contribution in [3.05, 3.63) is 24.0 Å². The molecule has 0 radical (unpaired) electrons. The van der Waals surface area contributed by atoms with Crippen molar-refractivity contribution in [2.45, 2.75) is 6.18 Å². The summed E-state index contributed by atoms with van der Waals surface area (Å²) < 4.78 is 37.0. The molecule has 18 heavy (non-hydrogen) atoms. The van der Waals surface area contributed by atoms with Crippen molar-refractivity contribution in [3.8, 4) is 6.07 Å². The number of aliphatic carboxylic acids is 1. The number of carboxylic acid groups (broad SMARTS) is 1. The summed E-state index contributed by atoms with van der Waals surface area (Å²) in [5, 5.41) is 17.4. The second-order valence-corrected chi connectivity index (χ2v) is 3.37. The molecule has 0 saturated carbocycles. The molecule has 0 saturated heterocycles. The molecular formula is C10H8F3N3O2. The normalized spacial score (nSPS) is 10.8. The average Bonchev–Trinajstić information content (AvgIpc) is 2.25. The third-order valence-electron chi connectivity index (χ3n) is 1.96. The fourth-order valence-corrected chi connectivity index (χ4v) is 1.34. The summed E-state index contributed by atoms with van der Waals surface area (Å²) in [6.07, 6.45) is -2.29. The lowest BCUT2D eigenvalue weighted by atomic mass is 10.2. The first kappa shape index (κ1) is 13.8. The quantitative estimate of drug-likeness (QED) is 0.884. The Kier molecular flexibility index (Phi) is 4.09. The van der Waals surface area contributed by atoms with Gasteiger partial charge in [0.05, 0.1) is 17.4 Å². The van der Waals surface area contributed by atoms with Crippen molar-refractivity contribution >= 4 is 11.7 Å². The molecule has 0 spiro atoms. The Hall–Kier alpha value is -2.30. The summed E-state index contributed by atoms with van der Waals surface area (Å²) in [6, 6.07) is 2.92. The molecule has 0 amide bonds. The van der Waals surface area contributed by atoms with E-state index in [1.54, 1.807) is 6.07 Å². The van der Waals surface area contributed by atoms with Gasteiger partial charge in [0.1, 0.15) is 19.2 Å². The number of nitriles is 1. The lowest BCUT2D eigenvalue weighted by molar-refractivity contribution is -0.136. The number of carboxylic acids is 1. The van der Waals surface area contributed by atoms with Crippen molar-refractivity contribution < 1.29 is 23.1 Å². The van der Waals surface area contributed by atoms with Gasteiger partial charge >= 0.3 is 12.1 Å². The Labute approximate surface area is 100 Å². The third kappa shape index (κ3) is 3.93. The highest BCUT2D eigenvalue weighted by atomic mass is 19.4. The van der Waals surface area contributed by atoms with Gasteiger partial charge in [-0.3, -0.25) is 9.78 Å². The molecule has 1 rings (SSSR count). The third-order valence-corrected chi connectivity index (χ3v) is 1.96. The molecule has 8 heteroatoms. The van der Waals surface area contributed by atoms with Gasteiger partial charge in [-0.2, -0.15) is 18.4 Å². The predicted molar refractivity (Wildman–Crippen MR) is 54.9 cm³/mol. The van der Waals surface area contributed by atoms with Crippen LogP contribution in [0.2, 0.25) is 0 Å². The molecule has 5 nitrogen and oxygen atoms in total. The van der Waals surface area contributed by atoms with Crippen LogP contribution in [-0.2, 0) is 4.79 Å². The van der Waals surface area contributed by atoms with Crippen molar-refractivity contribution in [2.75, 3.05) is 18.0 Å². The van der Waals surface area contributed by atoms with Crippen molar-refractivity contribution in [3.63, 3.8) is 0 Å². The van der Waals surface area contributed by atoms with Gasteiger partial charge in [-0.05, 0) is 6.07 Å². The Morgan fingerprint density at radius 1 is 1.56 bits per heavy atom. The lowest BCUT2D eigenvalue weighted by Gasteiger charge is -2.24. The van der Waals surface area contributed by atoms with Gasteiger partial charge < -0.3 is 10.0 Å². The Bertz CT molecular complexity index is 482. The molecule has 0 atom stereocenters. The monoisotopic (exact) mass is 259 g/mol. The number of carbonyl (C=O) groups is 1. The van der Waals surface area contributed by atoms with Crippen LogP contribution >= 0.6 is 0 Å². The molecule has 1 N–H and O–H groups in total. The molecule has 0 aromatic carbocycles. The van der Waals surface area contributed by atoms with E-state index in [4.69, 9.17) is 10.4 Å². The standard InChI is InChI=1S/C10H8F3N3O2/c11-10(12,13)6-16(5-9(17)18)8-4-15-2-1-7(8)3-14/h1-2,4H,5-6H2,(H,17,18). The molecule has 1 aromatic heterocycles. The Balaban J connectivity index is 3.09. The number of pyridine rings is 1. The van der Waals surface area contributed by atoms with Gasteiger partial charge in [-0.1, -0.05) is 0 Å². The average molecular weight is 259 g/mol. The number of halogens is 3. The largest absolute Gasteiger partial charge is 0.480 e. The summed E-state index contributed by atoms with van der Waals surface area (Å²) in [6.45, 7) is -2.32. The number of hydrogen-bond acceptors (Lipinski definition) is 4. The Morgan fingerprint density at radius 3 is 2.72 bits per heavy atom. The highest BCUT2D eigenvalue weighted by Crippen LogP contribution is 2.23. The highest BCUT2D eigenvalue weighted by molar-refractivity contribution is 5.75. The maximum absolute atomic E-state index is 12.3. The van der Waals surface area contributed by atoms with E-state index < -0.39 is 25.2 Å². The van der Waals surface area contributed by atoms with Crippen LogP contribution in [0.25, 0.3) is 0 Å². The molecule has 0 aliphatic heterocycles. The van der Waals surface area contributed by atoms with E-state index in [9.17, 15) is 18.0 Å². The molecule has 96 valence electrons. The van der Waals surface area contributed by atoms with E-state index in [1.807, 2.05) is 0 Å². The van der Waals surface area contributed by atoms with Gasteiger partial charge in [0, 0.05) is 6.20 Å². The number of nitrogens with zero attached hydrogens (tertiary/aromatic N) is 3. The number of anilines is 1. The van der Waals surface area contributed by atoms with Gasteiger partial charge in [-0.15, -0.1) is 0 Å². The first-order valence-electron chi connectivity index (χ1n) is 4.71. The van der Waals surface area contributed by atoms with Gasteiger partial charge in [-0.25, -0.2) is 0 Å². The SMILES string of the molecule is N#Cc1ccncc1N(CC(=O)O)CC(F)(F)F. The molecule has 0 aliphatic carbocycles. The minimum Gasteiger partial charge on any atom is -0.480 e. The summed E-state index contributed by atoms with van der Waals surface area (Å²) in [5.41, 5.74) is -0.213. The van der Waals surface area contributed by atoms with Crippen LogP contribution in [0.5, 0.6) is 0 Å². The molecule has 0 fully saturated rings. The summed E-state index contributed by atoms with van der Waals surface area (Å²) in [7, 11) is 0. The minimum atomic E-state index is -4.57. The van der Waals surface area contributed by atoms with Crippen LogP contribution in [-0.4, -0.2) is 35.3 Å². The van der Waals surface area contributed by atoms with E-state index in [0.717, 1.165) is 6.20 Å². The molecular weight excluding hydrogens is 251 g/mol. The zero-order valence-corrected chi connectivity index (χ0v) is 8.98. The zero-order valence-electron chi connectivity index (χ0n) is 8.98. The second-order valence-electron chi connectivity index (χ2n) is 3.37. The minimum absolute atomic E-state index is 0.0597. The van der Waals surface area contributed by atoms with E-state index in [1.165, 1.54) is 12.3 Å². The summed E-state index contributed by atoms with van der Waals surface area (Å²) in [5.74, 6) is -1.42. The fourth-order valence-electron chi connectivity index (χ4n) is 1.34. The van der Waals surface area contributed by atoms with Crippen molar-refractivity contribution in [2.24, 2.45) is 0 Å². The topological polar surface area (TPSA) is 77.2 Å². The maximum Gasteiger partial charge on any atom is 0.405 e. The van der Waals surface area contributed by atoms with Crippen LogP contribution < -0.4 is 4.90 Å². The molecule has 1 heterocycles. The van der Waals surface area contributed by atoms with Crippen LogP contribution in [0, 0.1) is 11.3 Å². The smallest absolute Gasteiger partial charge is 0.405 e.